The van der Waals surface area contributed by atoms with E-state index < -0.39 is 17.6 Å². The minimum Gasteiger partial charge on any atom is -0.489 e. The molecule has 33 heavy (non-hydrogen) atoms. The summed E-state index contributed by atoms with van der Waals surface area (Å²) in [6.45, 7) is 0.736. The van der Waals surface area contributed by atoms with Crippen LogP contribution >= 0.6 is 0 Å². The Balaban J connectivity index is 1.60. The van der Waals surface area contributed by atoms with E-state index in [1.807, 2.05) is 30.3 Å². The van der Waals surface area contributed by atoms with Crippen LogP contribution in [-0.4, -0.2) is 49.4 Å². The fourth-order valence-corrected chi connectivity index (χ4v) is 3.20. The zero-order valence-electron chi connectivity index (χ0n) is 18.0. The molecule has 2 aromatic rings. The summed E-state index contributed by atoms with van der Waals surface area (Å²) >= 11 is 0. The van der Waals surface area contributed by atoms with Crippen molar-refractivity contribution in [1.82, 2.24) is 5.01 Å². The summed E-state index contributed by atoms with van der Waals surface area (Å²) in [4.78, 5) is 24.8. The minimum atomic E-state index is -4.58. The third-order valence-electron chi connectivity index (χ3n) is 4.89. The number of hydrogen-bond donors (Lipinski definition) is 1. The molecule has 0 bridgehead atoms. The summed E-state index contributed by atoms with van der Waals surface area (Å²) in [5.74, 6) is -0.862. The number of nitrogens with zero attached hydrogens (tertiary/aromatic N) is 2. The van der Waals surface area contributed by atoms with Crippen LogP contribution in [0.5, 0.6) is 5.75 Å². The second kappa shape index (κ2) is 11.0. The van der Waals surface area contributed by atoms with Crippen LogP contribution in [0.25, 0.3) is 0 Å². The van der Waals surface area contributed by atoms with Crippen LogP contribution in [0.1, 0.15) is 30.4 Å². The van der Waals surface area contributed by atoms with E-state index in [0.29, 0.717) is 13.0 Å². The molecular weight excluding hydrogens is 439 g/mol. The van der Waals surface area contributed by atoms with E-state index in [0.717, 1.165) is 29.5 Å². The topological polar surface area (TPSA) is 80.2 Å². The molecule has 1 N–H and O–H groups in total. The van der Waals surface area contributed by atoms with Gasteiger partial charge in [-0.2, -0.15) is 18.3 Å². The second-order valence-corrected chi connectivity index (χ2v) is 7.28. The monoisotopic (exact) mass is 463 g/mol. The van der Waals surface area contributed by atoms with Crippen molar-refractivity contribution in [2.45, 2.75) is 25.4 Å². The lowest BCUT2D eigenvalue weighted by Gasteiger charge is -2.16. The fraction of sp³-hybridized carbons (Fsp3) is 0.348. The molecule has 0 saturated heterocycles. The first kappa shape index (κ1) is 24.2. The van der Waals surface area contributed by atoms with Gasteiger partial charge < -0.3 is 14.8 Å². The number of halogens is 3. The van der Waals surface area contributed by atoms with Gasteiger partial charge in [-0.3, -0.25) is 9.59 Å². The lowest BCUT2D eigenvalue weighted by Crippen LogP contribution is -2.25. The Morgan fingerprint density at radius 3 is 2.55 bits per heavy atom. The third kappa shape index (κ3) is 6.79. The molecule has 1 aliphatic heterocycles. The SMILES string of the molecule is COCCOc1ccc(C(F)(F)F)cc1NC(=O)CCC(=O)N1CCC(c2ccccc2)=N1. The zero-order chi connectivity index (χ0) is 23.8. The average molecular weight is 463 g/mol. The highest BCUT2D eigenvalue weighted by Crippen LogP contribution is 2.35. The van der Waals surface area contributed by atoms with Gasteiger partial charge in [-0.05, 0) is 23.8 Å². The standard InChI is InChI=1S/C23H24F3N3O4/c1-32-13-14-33-20-8-7-17(23(24,25)26)15-19(20)27-21(30)9-10-22(31)29-12-11-18(28-29)16-5-3-2-4-6-16/h2-8,15H,9-14H2,1H3,(H,27,30). The van der Waals surface area contributed by atoms with Gasteiger partial charge in [0, 0.05) is 26.4 Å². The van der Waals surface area contributed by atoms with Crippen molar-refractivity contribution in [3.8, 4) is 5.75 Å². The third-order valence-corrected chi connectivity index (χ3v) is 4.89. The Morgan fingerprint density at radius 2 is 1.85 bits per heavy atom. The molecule has 0 fully saturated rings. The molecule has 3 rings (SSSR count). The van der Waals surface area contributed by atoms with E-state index >= 15 is 0 Å². The van der Waals surface area contributed by atoms with Crippen LogP contribution in [0.4, 0.5) is 18.9 Å². The summed E-state index contributed by atoms with van der Waals surface area (Å²) in [7, 11) is 1.46. The highest BCUT2D eigenvalue weighted by Gasteiger charge is 2.31. The van der Waals surface area contributed by atoms with Crippen molar-refractivity contribution in [1.29, 1.82) is 0 Å². The molecule has 0 aromatic heterocycles. The number of rotatable bonds is 9. The number of benzene rings is 2. The molecule has 2 aromatic carbocycles. The minimum absolute atomic E-state index is 0.0800. The van der Waals surface area contributed by atoms with Crippen molar-refractivity contribution in [3.05, 3.63) is 59.7 Å². The van der Waals surface area contributed by atoms with Gasteiger partial charge in [0.15, 0.2) is 0 Å². The Labute approximate surface area is 189 Å². The number of alkyl halides is 3. The van der Waals surface area contributed by atoms with Crippen LogP contribution in [0, 0.1) is 0 Å². The number of anilines is 1. The molecular formula is C23H24F3N3O4. The second-order valence-electron chi connectivity index (χ2n) is 7.28. The van der Waals surface area contributed by atoms with Crippen LogP contribution < -0.4 is 10.1 Å². The van der Waals surface area contributed by atoms with Crippen molar-refractivity contribution < 1.29 is 32.2 Å². The number of amides is 2. The molecule has 176 valence electrons. The number of hydrogen-bond acceptors (Lipinski definition) is 5. The van der Waals surface area contributed by atoms with Crippen molar-refractivity contribution in [2.75, 3.05) is 32.2 Å². The van der Waals surface area contributed by atoms with E-state index in [1.54, 1.807) is 0 Å². The van der Waals surface area contributed by atoms with E-state index in [1.165, 1.54) is 12.1 Å². The molecule has 2 amide bonds. The average Bonchev–Trinajstić information content (AvgIpc) is 3.29. The largest absolute Gasteiger partial charge is 0.489 e. The van der Waals surface area contributed by atoms with Gasteiger partial charge in [0.05, 0.1) is 30.1 Å². The highest BCUT2D eigenvalue weighted by atomic mass is 19.4. The van der Waals surface area contributed by atoms with Gasteiger partial charge in [0.2, 0.25) is 11.8 Å². The van der Waals surface area contributed by atoms with Crippen LogP contribution in [0.15, 0.2) is 53.6 Å². The Morgan fingerprint density at radius 1 is 1.09 bits per heavy atom. The number of hydrazone groups is 1. The van der Waals surface area contributed by atoms with Crippen LogP contribution in [-0.2, 0) is 20.5 Å². The number of nitrogens with one attached hydrogen (secondary N) is 1. The normalized spacial score (nSPS) is 13.6. The summed E-state index contributed by atoms with van der Waals surface area (Å²) in [5, 5.41) is 8.06. The molecule has 0 aliphatic carbocycles. The van der Waals surface area contributed by atoms with E-state index in [2.05, 4.69) is 10.4 Å². The first-order valence-electron chi connectivity index (χ1n) is 10.3. The zero-order valence-corrected chi connectivity index (χ0v) is 18.0. The van der Waals surface area contributed by atoms with Gasteiger partial charge in [-0.1, -0.05) is 30.3 Å². The number of ether oxygens (including phenoxy) is 2. The molecule has 0 radical (unpaired) electrons. The van der Waals surface area contributed by atoms with Crippen molar-refractivity contribution in [2.24, 2.45) is 5.10 Å². The van der Waals surface area contributed by atoms with Gasteiger partial charge >= 0.3 is 6.18 Å². The van der Waals surface area contributed by atoms with Gasteiger partial charge in [0.25, 0.3) is 0 Å². The first-order chi connectivity index (χ1) is 15.8. The predicted octanol–water partition coefficient (Wildman–Crippen LogP) is 4.09. The van der Waals surface area contributed by atoms with Gasteiger partial charge in [0.1, 0.15) is 12.4 Å². The Kier molecular flexibility index (Phi) is 8.05. The maximum Gasteiger partial charge on any atom is 0.416 e. The van der Waals surface area contributed by atoms with Crippen LogP contribution in [0.2, 0.25) is 0 Å². The van der Waals surface area contributed by atoms with Crippen LogP contribution in [0.3, 0.4) is 0 Å². The van der Waals surface area contributed by atoms with E-state index in [-0.39, 0.29) is 43.4 Å². The van der Waals surface area contributed by atoms with Gasteiger partial charge in [-0.25, -0.2) is 5.01 Å². The highest BCUT2D eigenvalue weighted by molar-refractivity contribution is 6.03. The van der Waals surface area contributed by atoms with Gasteiger partial charge in [-0.15, -0.1) is 0 Å². The number of methoxy groups -OCH3 is 1. The lowest BCUT2D eigenvalue weighted by atomic mass is 10.1. The van der Waals surface area contributed by atoms with E-state index in [9.17, 15) is 22.8 Å². The maximum absolute atomic E-state index is 13.1. The predicted molar refractivity (Wildman–Crippen MR) is 116 cm³/mol. The fourth-order valence-electron chi connectivity index (χ4n) is 3.20. The number of carbonyl (C=O) groups is 2. The maximum atomic E-state index is 13.1. The molecule has 0 saturated carbocycles. The molecule has 1 aliphatic rings. The van der Waals surface area contributed by atoms with Crippen molar-refractivity contribution >= 4 is 23.2 Å². The van der Waals surface area contributed by atoms with Crippen molar-refractivity contribution in [3.63, 3.8) is 0 Å². The summed E-state index contributed by atoms with van der Waals surface area (Å²) in [6.07, 6.45) is -4.31. The van der Waals surface area contributed by atoms with E-state index in [4.69, 9.17) is 9.47 Å². The smallest absolute Gasteiger partial charge is 0.416 e. The molecule has 7 nitrogen and oxygen atoms in total. The lowest BCUT2D eigenvalue weighted by molar-refractivity contribution is -0.137. The first-order valence-corrected chi connectivity index (χ1v) is 10.3. The Hall–Kier alpha value is -3.40. The Bertz CT molecular complexity index is 1010. The summed E-state index contributed by atoms with van der Waals surface area (Å²) < 4.78 is 49.5. The molecule has 10 heteroatoms. The molecule has 0 atom stereocenters. The summed E-state index contributed by atoms with van der Waals surface area (Å²) in [6, 6.07) is 12.3. The molecule has 1 heterocycles. The quantitative estimate of drug-likeness (QED) is 0.569. The number of carbonyl (C=O) groups excluding carboxylic acids is 2. The molecule has 0 unspecified atom stereocenters. The molecule has 0 spiro atoms. The summed E-state index contributed by atoms with van der Waals surface area (Å²) in [5.41, 5.74) is 0.669.